The molecule has 0 fully saturated rings. The van der Waals surface area contributed by atoms with Crippen LogP contribution in [-0.2, 0) is 0 Å². The Morgan fingerprint density at radius 3 is 2.78 bits per heavy atom. The first-order chi connectivity index (χ1) is 13.1. The Kier molecular flexibility index (Phi) is 5.58. The zero-order chi connectivity index (χ0) is 19.2. The first-order valence-electron chi connectivity index (χ1n) is 7.87. The highest BCUT2D eigenvalue weighted by molar-refractivity contribution is 6.33. The summed E-state index contributed by atoms with van der Waals surface area (Å²) < 4.78 is 11.1. The summed E-state index contributed by atoms with van der Waals surface area (Å²) in [6, 6.07) is 4.58. The number of hydrogen-bond donors (Lipinski definition) is 3. The molecule has 10 heteroatoms. The van der Waals surface area contributed by atoms with Crippen LogP contribution in [-0.4, -0.2) is 36.3 Å². The molecule has 1 aromatic carbocycles. The minimum absolute atomic E-state index is 0.0226. The quantitative estimate of drug-likeness (QED) is 0.644. The fraction of sp³-hybridized carbons (Fsp3) is 0.176. The largest absolute Gasteiger partial charge is 0.487 e. The zero-order valence-corrected chi connectivity index (χ0v) is 15.0. The van der Waals surface area contributed by atoms with E-state index < -0.39 is 6.03 Å². The zero-order valence-electron chi connectivity index (χ0n) is 14.2. The predicted octanol–water partition coefficient (Wildman–Crippen LogP) is 3.01. The van der Waals surface area contributed by atoms with Crippen molar-refractivity contribution >= 4 is 34.8 Å². The Balaban J connectivity index is 1.95. The highest BCUT2D eigenvalue weighted by Crippen LogP contribution is 2.34. The van der Waals surface area contributed by atoms with E-state index in [4.69, 9.17) is 26.3 Å². The number of anilines is 3. The number of carbonyl (C=O) groups excluding carboxylic acids is 1. The van der Waals surface area contributed by atoms with E-state index in [9.17, 15) is 4.79 Å². The Bertz CT molecular complexity index is 941. The number of amides is 2. The number of nitriles is 1. The van der Waals surface area contributed by atoms with Gasteiger partial charge >= 0.3 is 6.03 Å². The highest BCUT2D eigenvalue weighted by atomic mass is 35.5. The molecule has 0 atom stereocenters. The van der Waals surface area contributed by atoms with Gasteiger partial charge in [0.05, 0.1) is 22.6 Å². The summed E-state index contributed by atoms with van der Waals surface area (Å²) in [5.74, 6) is 0.594. The van der Waals surface area contributed by atoms with Crippen molar-refractivity contribution in [3.8, 4) is 17.7 Å². The highest BCUT2D eigenvalue weighted by Gasteiger charge is 2.15. The number of aromatic nitrogens is 2. The summed E-state index contributed by atoms with van der Waals surface area (Å²) in [7, 11) is 1.73. The van der Waals surface area contributed by atoms with Crippen molar-refractivity contribution in [3.63, 3.8) is 0 Å². The lowest BCUT2D eigenvalue weighted by atomic mass is 10.2. The molecule has 3 rings (SSSR count). The maximum absolute atomic E-state index is 12.3. The molecule has 1 aliphatic heterocycles. The van der Waals surface area contributed by atoms with E-state index in [0.29, 0.717) is 22.1 Å². The number of urea groups is 1. The fourth-order valence-corrected chi connectivity index (χ4v) is 2.50. The predicted molar refractivity (Wildman–Crippen MR) is 101 cm³/mol. The fourth-order valence-electron chi connectivity index (χ4n) is 2.24. The number of rotatable bonds is 1. The average molecular weight is 387 g/mol. The molecule has 1 aromatic heterocycles. The summed E-state index contributed by atoms with van der Waals surface area (Å²) >= 11 is 6.20. The van der Waals surface area contributed by atoms with Crippen LogP contribution in [0.3, 0.4) is 0 Å². The second kappa shape index (κ2) is 8.25. The number of nitrogens with one attached hydrogen (secondary N) is 3. The Labute approximate surface area is 160 Å². The monoisotopic (exact) mass is 386 g/mol. The first-order valence-corrected chi connectivity index (χ1v) is 8.25. The number of nitrogens with zero attached hydrogens (tertiary/aromatic N) is 3. The van der Waals surface area contributed by atoms with Gasteiger partial charge in [-0.2, -0.15) is 10.2 Å². The topological polar surface area (TPSA) is 121 Å². The van der Waals surface area contributed by atoms with Crippen LogP contribution in [0.25, 0.3) is 0 Å². The Morgan fingerprint density at radius 2 is 2.04 bits per heavy atom. The van der Waals surface area contributed by atoms with Gasteiger partial charge in [-0.1, -0.05) is 11.6 Å². The lowest BCUT2D eigenvalue weighted by molar-refractivity contribution is 0.262. The molecule has 2 aromatic rings. The lowest BCUT2D eigenvalue weighted by Crippen LogP contribution is -2.21. The van der Waals surface area contributed by atoms with Gasteiger partial charge in [0.25, 0.3) is 5.88 Å². The van der Waals surface area contributed by atoms with Crippen LogP contribution in [0.5, 0.6) is 11.6 Å². The number of fused-ring (bicyclic) bond motifs is 3. The Hall–Kier alpha value is -3.51. The number of ether oxygens (including phenoxy) is 2. The van der Waals surface area contributed by atoms with Crippen molar-refractivity contribution in [1.29, 1.82) is 5.26 Å². The third-order valence-corrected chi connectivity index (χ3v) is 3.81. The van der Waals surface area contributed by atoms with Gasteiger partial charge in [-0.3, -0.25) is 5.32 Å². The molecule has 0 saturated carbocycles. The first kappa shape index (κ1) is 18.3. The van der Waals surface area contributed by atoms with Crippen molar-refractivity contribution < 1.29 is 14.3 Å². The molecule has 0 saturated heterocycles. The summed E-state index contributed by atoms with van der Waals surface area (Å²) in [6.45, 7) is 0.402. The van der Waals surface area contributed by atoms with Crippen molar-refractivity contribution in [2.24, 2.45) is 0 Å². The molecule has 138 valence electrons. The molecule has 9 nitrogen and oxygen atoms in total. The molecule has 1 aliphatic rings. The van der Waals surface area contributed by atoms with E-state index in [1.165, 1.54) is 6.20 Å². The third-order valence-electron chi connectivity index (χ3n) is 3.49. The van der Waals surface area contributed by atoms with E-state index in [1.807, 2.05) is 6.07 Å². The molecule has 0 aliphatic carbocycles. The molecular formula is C17H15ClN6O3. The molecule has 27 heavy (non-hydrogen) atoms. The van der Waals surface area contributed by atoms with E-state index in [0.717, 1.165) is 0 Å². The number of halogens is 1. The van der Waals surface area contributed by atoms with Crippen LogP contribution in [0, 0.1) is 11.3 Å². The van der Waals surface area contributed by atoms with Crippen molar-refractivity contribution in [2.45, 2.75) is 0 Å². The molecular weight excluding hydrogens is 372 g/mol. The molecule has 2 amide bonds. The maximum Gasteiger partial charge on any atom is 0.325 e. The van der Waals surface area contributed by atoms with Gasteiger partial charge in [-0.25, -0.2) is 9.78 Å². The number of carbonyl (C=O) groups is 1. The van der Waals surface area contributed by atoms with Crippen LogP contribution in [0.15, 0.2) is 30.5 Å². The maximum atomic E-state index is 12.3. The molecule has 0 unspecified atom stereocenters. The third kappa shape index (κ3) is 4.37. The van der Waals surface area contributed by atoms with E-state index in [-0.39, 0.29) is 30.6 Å². The van der Waals surface area contributed by atoms with Crippen LogP contribution in [0.2, 0.25) is 5.02 Å². The lowest BCUT2D eigenvalue weighted by Gasteiger charge is -2.15. The average Bonchev–Trinajstić information content (AvgIpc) is 2.65. The van der Waals surface area contributed by atoms with Gasteiger partial charge in [-0.15, -0.1) is 0 Å². The SMILES string of the molecule is CNc1cc2c(cc1Cl)NC(=O)Nc1cnc(C#N)c(n1)OC/C=C\CO2. The van der Waals surface area contributed by atoms with Crippen molar-refractivity contribution in [3.05, 3.63) is 41.2 Å². The van der Waals surface area contributed by atoms with Crippen LogP contribution in [0.1, 0.15) is 5.69 Å². The van der Waals surface area contributed by atoms with Crippen LogP contribution >= 0.6 is 11.6 Å². The molecule has 0 spiro atoms. The van der Waals surface area contributed by atoms with Crippen LogP contribution < -0.4 is 25.4 Å². The molecule has 2 heterocycles. The van der Waals surface area contributed by atoms with Gasteiger partial charge in [-0.05, 0) is 18.2 Å². The minimum Gasteiger partial charge on any atom is -0.487 e. The number of hydrogen-bond acceptors (Lipinski definition) is 7. The molecule has 3 N–H and O–H groups in total. The summed E-state index contributed by atoms with van der Waals surface area (Å²) in [6.07, 6.45) is 4.73. The summed E-state index contributed by atoms with van der Waals surface area (Å²) in [5, 5.41) is 17.6. The van der Waals surface area contributed by atoms with Gasteiger partial charge in [0, 0.05) is 13.1 Å². The van der Waals surface area contributed by atoms with Crippen molar-refractivity contribution in [1.82, 2.24) is 9.97 Å². The Morgan fingerprint density at radius 1 is 1.26 bits per heavy atom. The van der Waals surface area contributed by atoms with Gasteiger partial charge in [0.1, 0.15) is 25.0 Å². The second-order valence-corrected chi connectivity index (χ2v) is 5.68. The van der Waals surface area contributed by atoms with Gasteiger partial charge < -0.3 is 20.1 Å². The van der Waals surface area contributed by atoms with E-state index in [1.54, 1.807) is 31.3 Å². The molecule has 0 radical (unpaired) electrons. The van der Waals surface area contributed by atoms with Crippen molar-refractivity contribution in [2.75, 3.05) is 36.2 Å². The second-order valence-electron chi connectivity index (χ2n) is 5.27. The summed E-state index contributed by atoms with van der Waals surface area (Å²) in [5.41, 5.74) is 1.07. The van der Waals surface area contributed by atoms with Crippen LogP contribution in [0.4, 0.5) is 22.0 Å². The number of benzene rings is 1. The van der Waals surface area contributed by atoms with Gasteiger partial charge in [0.2, 0.25) is 5.69 Å². The molecule has 2 bridgehead atoms. The smallest absolute Gasteiger partial charge is 0.325 e. The minimum atomic E-state index is -0.578. The summed E-state index contributed by atoms with van der Waals surface area (Å²) in [4.78, 5) is 20.4. The normalized spacial score (nSPS) is 14.8. The van der Waals surface area contributed by atoms with E-state index in [2.05, 4.69) is 25.9 Å². The standard InChI is InChI=1S/C17H15ClN6O3/c1-20-11-7-14-12(6-10(11)18)22-17(25)24-15-9-21-13(8-19)16(23-15)27-5-3-2-4-26-14/h2-3,6-7,9,20H,4-5H2,1H3,(H2,22,23,24,25)/b3-2-. The van der Waals surface area contributed by atoms with Gasteiger partial charge in [0.15, 0.2) is 5.82 Å². The van der Waals surface area contributed by atoms with E-state index >= 15 is 0 Å².